The average Bonchev–Trinajstić information content (AvgIpc) is 2.93. The molecule has 136 valence electrons. The van der Waals surface area contributed by atoms with E-state index in [4.69, 9.17) is 34.8 Å². The van der Waals surface area contributed by atoms with Gasteiger partial charge in [-0.15, -0.1) is 11.8 Å². The monoisotopic (exact) mass is 444 g/mol. The molecule has 0 saturated heterocycles. The van der Waals surface area contributed by atoms with E-state index >= 15 is 0 Å². The number of thioether (sulfide) groups is 1. The lowest BCUT2D eigenvalue weighted by atomic mass is 10.3. The zero-order valence-corrected chi connectivity index (χ0v) is 17.7. The number of benzene rings is 2. The molecule has 0 saturated carbocycles. The molecule has 3 rings (SSSR count). The van der Waals surface area contributed by atoms with Gasteiger partial charge >= 0.3 is 0 Å². The Labute approximate surface area is 174 Å². The smallest absolute Gasteiger partial charge is 0.249 e. The molecule has 8 heteroatoms. The summed E-state index contributed by atoms with van der Waals surface area (Å²) in [6, 6.07) is 11.1. The van der Waals surface area contributed by atoms with Gasteiger partial charge < -0.3 is 4.57 Å². The van der Waals surface area contributed by atoms with E-state index in [0.717, 1.165) is 15.1 Å². The van der Waals surface area contributed by atoms with Gasteiger partial charge in [0.1, 0.15) is 0 Å². The molecular weight excluding hydrogens is 431 g/mol. The second-order valence-corrected chi connectivity index (χ2v) is 8.88. The number of thiazole rings is 1. The molecule has 0 unspecified atom stereocenters. The van der Waals surface area contributed by atoms with Crippen molar-refractivity contribution in [2.75, 3.05) is 5.75 Å². The van der Waals surface area contributed by atoms with Crippen molar-refractivity contribution in [1.82, 2.24) is 4.57 Å². The van der Waals surface area contributed by atoms with Crippen LogP contribution >= 0.6 is 57.9 Å². The Kier molecular flexibility index (Phi) is 6.70. The number of rotatable bonds is 5. The summed E-state index contributed by atoms with van der Waals surface area (Å²) in [6.45, 7) is 2.67. The van der Waals surface area contributed by atoms with Gasteiger partial charge in [0.2, 0.25) is 5.91 Å². The highest BCUT2D eigenvalue weighted by Gasteiger charge is 2.11. The van der Waals surface area contributed by atoms with Gasteiger partial charge in [-0.05, 0) is 43.3 Å². The van der Waals surface area contributed by atoms with Crippen molar-refractivity contribution in [3.63, 3.8) is 0 Å². The van der Waals surface area contributed by atoms with Crippen LogP contribution in [0.4, 0.5) is 0 Å². The van der Waals surface area contributed by atoms with E-state index in [9.17, 15) is 4.79 Å². The summed E-state index contributed by atoms with van der Waals surface area (Å²) in [5.74, 6) is 0.510. The second-order valence-electron chi connectivity index (χ2n) is 5.42. The minimum absolute atomic E-state index is 0.151. The molecule has 0 bridgehead atoms. The Morgan fingerprint density at radius 2 is 1.88 bits per heavy atom. The molecule has 1 aromatic heterocycles. The summed E-state index contributed by atoms with van der Waals surface area (Å²) in [4.78, 5) is 18.3. The molecule has 3 nitrogen and oxygen atoms in total. The van der Waals surface area contributed by atoms with Crippen molar-refractivity contribution in [3.8, 4) is 0 Å². The van der Waals surface area contributed by atoms with E-state index in [2.05, 4.69) is 4.99 Å². The van der Waals surface area contributed by atoms with E-state index in [0.29, 0.717) is 38.6 Å². The van der Waals surface area contributed by atoms with Crippen molar-refractivity contribution >= 4 is 74.0 Å². The zero-order valence-electron chi connectivity index (χ0n) is 13.8. The Bertz CT molecular complexity index is 1010. The molecule has 0 radical (unpaired) electrons. The fourth-order valence-electron chi connectivity index (χ4n) is 2.46. The van der Waals surface area contributed by atoms with Crippen molar-refractivity contribution in [1.29, 1.82) is 0 Å². The van der Waals surface area contributed by atoms with Crippen molar-refractivity contribution in [2.45, 2.75) is 24.8 Å². The molecule has 0 spiro atoms. The molecule has 3 aromatic rings. The SMILES string of the molecule is CCn1c(=NC(=O)CCSc2ccc(Cl)cc2)sc2cc(Cl)cc(Cl)c21. The Hall–Kier alpha value is -0.980. The summed E-state index contributed by atoms with van der Waals surface area (Å²) < 4.78 is 2.87. The van der Waals surface area contributed by atoms with Crippen molar-refractivity contribution in [2.24, 2.45) is 4.99 Å². The van der Waals surface area contributed by atoms with Crippen LogP contribution in [-0.4, -0.2) is 16.2 Å². The minimum Gasteiger partial charge on any atom is -0.315 e. The third kappa shape index (κ3) is 4.65. The lowest BCUT2D eigenvalue weighted by Gasteiger charge is -2.03. The van der Waals surface area contributed by atoms with Gasteiger partial charge in [-0.2, -0.15) is 4.99 Å². The number of amides is 1. The first kappa shape index (κ1) is 19.8. The van der Waals surface area contributed by atoms with Gasteiger partial charge in [0.25, 0.3) is 0 Å². The maximum absolute atomic E-state index is 12.3. The molecule has 0 aliphatic heterocycles. The standard InChI is InChI=1S/C18H15Cl3N2OS2/c1-2-23-17-14(21)9-12(20)10-15(17)26-18(23)22-16(24)7-8-25-13-5-3-11(19)4-6-13/h3-6,9-10H,2,7-8H2,1H3. The quantitative estimate of drug-likeness (QED) is 0.432. The Morgan fingerprint density at radius 1 is 1.15 bits per heavy atom. The summed E-state index contributed by atoms with van der Waals surface area (Å²) in [6.07, 6.45) is 0.361. The van der Waals surface area contributed by atoms with Gasteiger partial charge in [0.05, 0.1) is 15.2 Å². The number of fused-ring (bicyclic) bond motifs is 1. The second kappa shape index (κ2) is 8.81. The number of nitrogens with zero attached hydrogens (tertiary/aromatic N) is 2. The van der Waals surface area contributed by atoms with E-state index in [1.807, 2.05) is 41.8 Å². The first-order chi connectivity index (χ1) is 12.5. The Balaban J connectivity index is 1.77. The van der Waals surface area contributed by atoms with Crippen molar-refractivity contribution < 1.29 is 4.79 Å². The summed E-state index contributed by atoms with van der Waals surface area (Å²) in [7, 11) is 0. The summed E-state index contributed by atoms with van der Waals surface area (Å²) in [5.41, 5.74) is 0.866. The molecule has 0 atom stereocenters. The lowest BCUT2D eigenvalue weighted by molar-refractivity contribution is -0.117. The fourth-order valence-corrected chi connectivity index (χ4v) is 5.32. The minimum atomic E-state index is -0.151. The number of hydrogen-bond donors (Lipinski definition) is 0. The Morgan fingerprint density at radius 3 is 2.58 bits per heavy atom. The van der Waals surface area contributed by atoms with Crippen LogP contribution in [0.3, 0.4) is 0 Å². The highest BCUT2D eigenvalue weighted by Crippen LogP contribution is 2.29. The van der Waals surface area contributed by atoms with Crippen LogP contribution in [-0.2, 0) is 11.3 Å². The van der Waals surface area contributed by atoms with Crippen LogP contribution in [0.1, 0.15) is 13.3 Å². The molecule has 2 aromatic carbocycles. The predicted octanol–water partition coefficient (Wildman–Crippen LogP) is 6.29. The molecule has 1 heterocycles. The molecule has 0 fully saturated rings. The first-order valence-corrected chi connectivity index (χ1v) is 10.9. The van der Waals surface area contributed by atoms with Crippen LogP contribution < -0.4 is 4.80 Å². The van der Waals surface area contributed by atoms with Crippen LogP contribution in [0.25, 0.3) is 10.2 Å². The molecule has 0 aliphatic carbocycles. The summed E-state index contributed by atoms with van der Waals surface area (Å²) >= 11 is 21.3. The van der Waals surface area contributed by atoms with E-state index < -0.39 is 0 Å². The van der Waals surface area contributed by atoms with E-state index in [1.54, 1.807) is 17.8 Å². The van der Waals surface area contributed by atoms with Crippen molar-refractivity contribution in [3.05, 3.63) is 56.3 Å². The highest BCUT2D eigenvalue weighted by molar-refractivity contribution is 7.99. The average molecular weight is 446 g/mol. The number of hydrogen-bond acceptors (Lipinski definition) is 3. The molecule has 26 heavy (non-hydrogen) atoms. The molecule has 1 amide bonds. The third-order valence-electron chi connectivity index (χ3n) is 3.63. The highest BCUT2D eigenvalue weighted by atomic mass is 35.5. The largest absolute Gasteiger partial charge is 0.315 e. The fraction of sp³-hybridized carbons (Fsp3) is 0.222. The first-order valence-electron chi connectivity index (χ1n) is 7.92. The maximum atomic E-state index is 12.3. The lowest BCUT2D eigenvalue weighted by Crippen LogP contribution is -2.16. The van der Waals surface area contributed by atoms with E-state index in [-0.39, 0.29) is 5.91 Å². The van der Waals surface area contributed by atoms with Gasteiger partial charge in [0, 0.05) is 33.7 Å². The van der Waals surface area contributed by atoms with Gasteiger partial charge in [-0.3, -0.25) is 4.79 Å². The molecule has 0 N–H and O–H groups in total. The van der Waals surface area contributed by atoms with Crippen LogP contribution in [0.5, 0.6) is 0 Å². The maximum Gasteiger partial charge on any atom is 0.249 e. The number of aromatic nitrogens is 1. The number of halogens is 3. The van der Waals surface area contributed by atoms with E-state index in [1.165, 1.54) is 11.3 Å². The molecule has 0 aliphatic rings. The topological polar surface area (TPSA) is 34.4 Å². The summed E-state index contributed by atoms with van der Waals surface area (Å²) in [5, 5.41) is 1.84. The van der Waals surface area contributed by atoms with Gasteiger partial charge in [0.15, 0.2) is 4.80 Å². The van der Waals surface area contributed by atoms with Gasteiger partial charge in [-0.1, -0.05) is 46.1 Å². The van der Waals surface area contributed by atoms with Gasteiger partial charge in [-0.25, -0.2) is 0 Å². The normalized spacial score (nSPS) is 12.1. The van der Waals surface area contributed by atoms with Crippen LogP contribution in [0, 0.1) is 0 Å². The predicted molar refractivity (Wildman–Crippen MR) is 113 cm³/mol. The third-order valence-corrected chi connectivity index (χ3v) is 6.43. The number of aryl methyl sites for hydroxylation is 1. The number of carbonyl (C=O) groups is 1. The van der Waals surface area contributed by atoms with Crippen LogP contribution in [0.15, 0.2) is 46.3 Å². The van der Waals surface area contributed by atoms with Crippen LogP contribution in [0.2, 0.25) is 15.1 Å². The molecular formula is C18H15Cl3N2OS2. The number of carbonyl (C=O) groups excluding carboxylic acids is 1. The zero-order chi connectivity index (χ0) is 18.7.